The molecule has 1 fully saturated rings. The third kappa shape index (κ3) is 4.58. The Morgan fingerprint density at radius 2 is 2.50 bits per heavy atom. The summed E-state index contributed by atoms with van der Waals surface area (Å²) in [6.45, 7) is 2.82. The van der Waals surface area contributed by atoms with E-state index in [0.717, 1.165) is 25.9 Å². The molecule has 2 unspecified atom stereocenters. The second-order valence-corrected chi connectivity index (χ2v) is 3.83. The van der Waals surface area contributed by atoms with E-state index in [-0.39, 0.29) is 12.0 Å². The van der Waals surface area contributed by atoms with Crippen molar-refractivity contribution in [3.63, 3.8) is 0 Å². The number of aliphatic hydroxyl groups excluding tert-OH is 1. The van der Waals surface area contributed by atoms with Crippen LogP contribution in [0.15, 0.2) is 0 Å². The van der Waals surface area contributed by atoms with Crippen LogP contribution in [0.3, 0.4) is 0 Å². The van der Waals surface area contributed by atoms with Gasteiger partial charge in [0.1, 0.15) is 0 Å². The third-order valence-corrected chi connectivity index (χ3v) is 2.31. The summed E-state index contributed by atoms with van der Waals surface area (Å²) in [6, 6.07) is 0. The number of hydrogen-bond acceptors (Lipinski definition) is 3. The molecule has 0 aromatic heterocycles. The van der Waals surface area contributed by atoms with Crippen molar-refractivity contribution in [2.75, 3.05) is 13.2 Å². The Labute approximate surface area is 84.6 Å². The molecule has 4 heteroatoms. The lowest BCUT2D eigenvalue weighted by molar-refractivity contribution is -0.122. The van der Waals surface area contributed by atoms with Gasteiger partial charge in [-0.25, -0.2) is 0 Å². The fraction of sp³-hybridized carbons (Fsp3) is 0.900. The van der Waals surface area contributed by atoms with Crippen LogP contribution in [0, 0.1) is 0 Å². The van der Waals surface area contributed by atoms with Crippen LogP contribution in [-0.4, -0.2) is 36.4 Å². The van der Waals surface area contributed by atoms with Crippen molar-refractivity contribution >= 4 is 5.91 Å². The molecule has 0 aliphatic carbocycles. The first kappa shape index (κ1) is 11.5. The fourth-order valence-electron chi connectivity index (χ4n) is 1.51. The second-order valence-electron chi connectivity index (χ2n) is 3.83. The maximum Gasteiger partial charge on any atom is 0.220 e. The Kier molecular flexibility index (Phi) is 4.90. The largest absolute Gasteiger partial charge is 0.392 e. The highest BCUT2D eigenvalue weighted by molar-refractivity contribution is 5.75. The van der Waals surface area contributed by atoms with Crippen LogP contribution < -0.4 is 5.32 Å². The summed E-state index contributed by atoms with van der Waals surface area (Å²) < 4.78 is 5.40. The highest BCUT2D eigenvalue weighted by Gasteiger charge is 2.16. The summed E-state index contributed by atoms with van der Waals surface area (Å²) in [5.74, 6) is 0.00130. The number of ether oxygens (including phenoxy) is 1. The predicted molar refractivity (Wildman–Crippen MR) is 52.9 cm³/mol. The molecular formula is C10H19NO3. The quantitative estimate of drug-likeness (QED) is 0.678. The topological polar surface area (TPSA) is 58.6 Å². The standard InChI is InChI=1S/C10H19NO3/c1-8(12)7-11-10(13)5-4-9-3-2-6-14-9/h8-9,12H,2-7H2,1H3,(H,11,13). The van der Waals surface area contributed by atoms with Crippen LogP contribution in [-0.2, 0) is 9.53 Å². The normalized spacial score (nSPS) is 23.4. The Balaban J connectivity index is 2.02. The van der Waals surface area contributed by atoms with Crippen molar-refractivity contribution in [3.8, 4) is 0 Å². The van der Waals surface area contributed by atoms with E-state index < -0.39 is 6.10 Å². The molecule has 1 aliphatic rings. The number of hydrogen-bond donors (Lipinski definition) is 2. The Bertz CT molecular complexity index is 176. The summed E-state index contributed by atoms with van der Waals surface area (Å²) >= 11 is 0. The molecule has 82 valence electrons. The fourth-order valence-corrected chi connectivity index (χ4v) is 1.51. The summed E-state index contributed by atoms with van der Waals surface area (Å²) in [5, 5.41) is 11.6. The van der Waals surface area contributed by atoms with Gasteiger partial charge in [-0.15, -0.1) is 0 Å². The summed E-state index contributed by atoms with van der Waals surface area (Å²) in [7, 11) is 0. The lowest BCUT2D eigenvalue weighted by atomic mass is 10.1. The SMILES string of the molecule is CC(O)CNC(=O)CCC1CCCO1. The van der Waals surface area contributed by atoms with E-state index in [4.69, 9.17) is 9.84 Å². The molecule has 1 heterocycles. The second kappa shape index (κ2) is 5.98. The van der Waals surface area contributed by atoms with Gasteiger partial charge in [0.25, 0.3) is 0 Å². The number of carbonyl (C=O) groups is 1. The summed E-state index contributed by atoms with van der Waals surface area (Å²) in [6.07, 6.45) is 3.28. The molecule has 1 amide bonds. The molecule has 0 saturated carbocycles. The van der Waals surface area contributed by atoms with Crippen molar-refractivity contribution < 1.29 is 14.6 Å². The molecule has 1 aliphatic heterocycles. The summed E-state index contributed by atoms with van der Waals surface area (Å²) in [5.41, 5.74) is 0. The van der Waals surface area contributed by atoms with Crippen LogP contribution in [0.5, 0.6) is 0 Å². The van der Waals surface area contributed by atoms with Crippen molar-refractivity contribution in [1.29, 1.82) is 0 Å². The minimum Gasteiger partial charge on any atom is -0.392 e. The molecule has 0 spiro atoms. The first-order valence-electron chi connectivity index (χ1n) is 5.25. The molecule has 2 N–H and O–H groups in total. The van der Waals surface area contributed by atoms with Crippen molar-refractivity contribution in [3.05, 3.63) is 0 Å². The monoisotopic (exact) mass is 201 g/mol. The van der Waals surface area contributed by atoms with E-state index >= 15 is 0 Å². The minimum atomic E-state index is -0.471. The molecule has 0 radical (unpaired) electrons. The van der Waals surface area contributed by atoms with Gasteiger partial charge < -0.3 is 15.2 Å². The van der Waals surface area contributed by atoms with Gasteiger partial charge in [0.15, 0.2) is 0 Å². The van der Waals surface area contributed by atoms with Gasteiger partial charge in [0.05, 0.1) is 12.2 Å². The molecule has 0 aromatic carbocycles. The number of carbonyl (C=O) groups excluding carboxylic acids is 1. The van der Waals surface area contributed by atoms with Gasteiger partial charge in [-0.3, -0.25) is 4.79 Å². The Morgan fingerprint density at radius 3 is 3.07 bits per heavy atom. The average molecular weight is 201 g/mol. The number of amides is 1. The van der Waals surface area contributed by atoms with E-state index in [1.165, 1.54) is 0 Å². The summed E-state index contributed by atoms with van der Waals surface area (Å²) in [4.78, 5) is 11.2. The van der Waals surface area contributed by atoms with E-state index in [1.54, 1.807) is 6.92 Å². The van der Waals surface area contributed by atoms with E-state index in [2.05, 4.69) is 5.32 Å². The van der Waals surface area contributed by atoms with Gasteiger partial charge in [-0.1, -0.05) is 0 Å². The lowest BCUT2D eigenvalue weighted by Gasteiger charge is -2.10. The highest BCUT2D eigenvalue weighted by atomic mass is 16.5. The smallest absolute Gasteiger partial charge is 0.220 e. The molecule has 4 nitrogen and oxygen atoms in total. The lowest BCUT2D eigenvalue weighted by Crippen LogP contribution is -2.30. The van der Waals surface area contributed by atoms with Gasteiger partial charge in [-0.2, -0.15) is 0 Å². The molecule has 0 aromatic rings. The Morgan fingerprint density at radius 1 is 1.71 bits per heavy atom. The van der Waals surface area contributed by atoms with Gasteiger partial charge >= 0.3 is 0 Å². The van der Waals surface area contributed by atoms with Crippen molar-refractivity contribution in [2.24, 2.45) is 0 Å². The molecular weight excluding hydrogens is 182 g/mol. The number of aliphatic hydroxyl groups is 1. The van der Waals surface area contributed by atoms with Crippen LogP contribution in [0.1, 0.15) is 32.6 Å². The molecule has 2 atom stereocenters. The number of rotatable bonds is 5. The molecule has 1 rings (SSSR count). The average Bonchev–Trinajstić information content (AvgIpc) is 2.63. The van der Waals surface area contributed by atoms with Crippen molar-refractivity contribution in [1.82, 2.24) is 5.32 Å². The maximum absolute atomic E-state index is 11.2. The van der Waals surface area contributed by atoms with Gasteiger partial charge in [-0.05, 0) is 26.2 Å². The van der Waals surface area contributed by atoms with Crippen LogP contribution >= 0.6 is 0 Å². The molecule has 1 saturated heterocycles. The predicted octanol–water partition coefficient (Wildman–Crippen LogP) is 0.443. The van der Waals surface area contributed by atoms with Crippen LogP contribution in [0.4, 0.5) is 0 Å². The number of nitrogens with one attached hydrogen (secondary N) is 1. The van der Waals surface area contributed by atoms with E-state index in [1.807, 2.05) is 0 Å². The maximum atomic E-state index is 11.2. The van der Waals surface area contributed by atoms with Crippen molar-refractivity contribution in [2.45, 2.75) is 44.8 Å². The zero-order valence-electron chi connectivity index (χ0n) is 8.66. The highest BCUT2D eigenvalue weighted by Crippen LogP contribution is 2.16. The molecule has 0 bridgehead atoms. The Hall–Kier alpha value is -0.610. The van der Waals surface area contributed by atoms with E-state index in [9.17, 15) is 4.79 Å². The van der Waals surface area contributed by atoms with Gasteiger partial charge in [0, 0.05) is 19.6 Å². The van der Waals surface area contributed by atoms with E-state index in [0.29, 0.717) is 13.0 Å². The molecule has 14 heavy (non-hydrogen) atoms. The third-order valence-electron chi connectivity index (χ3n) is 2.31. The van der Waals surface area contributed by atoms with Crippen LogP contribution in [0.25, 0.3) is 0 Å². The van der Waals surface area contributed by atoms with Crippen LogP contribution in [0.2, 0.25) is 0 Å². The first-order valence-corrected chi connectivity index (χ1v) is 5.25. The minimum absolute atomic E-state index is 0.00130. The zero-order chi connectivity index (χ0) is 10.4. The van der Waals surface area contributed by atoms with Gasteiger partial charge in [0.2, 0.25) is 5.91 Å². The first-order chi connectivity index (χ1) is 6.68. The zero-order valence-corrected chi connectivity index (χ0v) is 8.66.